The summed E-state index contributed by atoms with van der Waals surface area (Å²) in [5.74, 6) is -3.33. The van der Waals surface area contributed by atoms with Crippen molar-refractivity contribution >= 4 is 5.82 Å². The number of nitrogens with zero attached hydrogens (tertiary/aromatic N) is 3. The van der Waals surface area contributed by atoms with E-state index >= 15 is 0 Å². The van der Waals surface area contributed by atoms with Crippen LogP contribution in [0.3, 0.4) is 0 Å². The molecule has 0 fully saturated rings. The Kier molecular flexibility index (Phi) is 3.22. The van der Waals surface area contributed by atoms with Gasteiger partial charge in [-0.2, -0.15) is 14.5 Å². The van der Waals surface area contributed by atoms with Gasteiger partial charge < -0.3 is 5.32 Å². The van der Waals surface area contributed by atoms with E-state index in [4.69, 9.17) is 0 Å². The van der Waals surface area contributed by atoms with E-state index in [1.54, 1.807) is 0 Å². The van der Waals surface area contributed by atoms with Gasteiger partial charge in [-0.25, -0.2) is 13.8 Å². The first-order valence-corrected chi connectivity index (χ1v) is 4.76. The van der Waals surface area contributed by atoms with E-state index in [2.05, 4.69) is 25.5 Å². The first-order valence-electron chi connectivity index (χ1n) is 4.76. The third-order valence-electron chi connectivity index (χ3n) is 2.01. The lowest BCUT2D eigenvalue weighted by molar-refractivity contribution is 0.466. The van der Waals surface area contributed by atoms with Crippen LogP contribution in [-0.2, 0) is 6.42 Å². The summed E-state index contributed by atoms with van der Waals surface area (Å²) in [6.45, 7) is 0.268. The molecule has 2 aromatic rings. The van der Waals surface area contributed by atoms with Crippen LogP contribution in [0.1, 0.15) is 5.82 Å². The molecule has 2 N–H and O–H groups in total. The van der Waals surface area contributed by atoms with Crippen LogP contribution in [-0.4, -0.2) is 26.7 Å². The van der Waals surface area contributed by atoms with Crippen molar-refractivity contribution in [3.05, 3.63) is 35.8 Å². The van der Waals surface area contributed by atoms with Gasteiger partial charge in [-0.05, 0) is 0 Å². The van der Waals surface area contributed by atoms with Gasteiger partial charge >= 0.3 is 0 Å². The van der Waals surface area contributed by atoms with Gasteiger partial charge in [0.1, 0.15) is 12.2 Å². The van der Waals surface area contributed by atoms with Crippen LogP contribution in [0.2, 0.25) is 0 Å². The van der Waals surface area contributed by atoms with Crippen molar-refractivity contribution < 1.29 is 13.2 Å². The molecule has 2 rings (SSSR count). The van der Waals surface area contributed by atoms with Gasteiger partial charge in [0, 0.05) is 19.0 Å². The molecule has 0 saturated carbocycles. The Bertz CT molecular complexity index is 500. The Hall–Kier alpha value is -2.12. The molecule has 0 aromatic carbocycles. The SMILES string of the molecule is Fc1cc(F)c(NCCc2ncn[nH]2)nc1F. The first-order chi connectivity index (χ1) is 8.16. The highest BCUT2D eigenvalue weighted by Crippen LogP contribution is 2.13. The van der Waals surface area contributed by atoms with Gasteiger partial charge in [-0.3, -0.25) is 5.10 Å². The lowest BCUT2D eigenvalue weighted by Gasteiger charge is -2.05. The fourth-order valence-corrected chi connectivity index (χ4v) is 1.22. The van der Waals surface area contributed by atoms with Crippen molar-refractivity contribution in [3.8, 4) is 0 Å². The van der Waals surface area contributed by atoms with Gasteiger partial charge in [0.15, 0.2) is 17.5 Å². The second kappa shape index (κ2) is 4.81. The van der Waals surface area contributed by atoms with Gasteiger partial charge in [0.05, 0.1) is 0 Å². The summed E-state index contributed by atoms with van der Waals surface area (Å²) >= 11 is 0. The van der Waals surface area contributed by atoms with Gasteiger partial charge in [-0.1, -0.05) is 0 Å². The summed E-state index contributed by atoms with van der Waals surface area (Å²) in [6, 6.07) is 0.444. The second-order valence-electron chi connectivity index (χ2n) is 3.20. The number of H-pyrrole nitrogens is 1. The summed E-state index contributed by atoms with van der Waals surface area (Å²) in [6.07, 6.45) is 1.77. The average Bonchev–Trinajstić information content (AvgIpc) is 2.78. The van der Waals surface area contributed by atoms with Gasteiger partial charge in [0.25, 0.3) is 5.95 Å². The van der Waals surface area contributed by atoms with Crippen molar-refractivity contribution in [2.75, 3.05) is 11.9 Å². The smallest absolute Gasteiger partial charge is 0.251 e. The fraction of sp³-hybridized carbons (Fsp3) is 0.222. The molecule has 0 bridgehead atoms. The minimum atomic E-state index is -1.34. The van der Waals surface area contributed by atoms with Crippen LogP contribution < -0.4 is 5.32 Å². The van der Waals surface area contributed by atoms with Crippen LogP contribution in [0, 0.1) is 17.6 Å². The van der Waals surface area contributed by atoms with E-state index in [9.17, 15) is 13.2 Å². The molecular formula is C9H8F3N5. The van der Waals surface area contributed by atoms with Crippen molar-refractivity contribution in [2.45, 2.75) is 6.42 Å². The topological polar surface area (TPSA) is 66.5 Å². The monoisotopic (exact) mass is 243 g/mol. The molecule has 2 aromatic heterocycles. The number of hydrogen-bond donors (Lipinski definition) is 2. The zero-order chi connectivity index (χ0) is 12.3. The number of aromatic amines is 1. The normalized spacial score (nSPS) is 10.5. The maximum Gasteiger partial charge on any atom is 0.251 e. The van der Waals surface area contributed by atoms with Gasteiger partial charge in [0.2, 0.25) is 0 Å². The van der Waals surface area contributed by atoms with E-state index in [1.807, 2.05) is 0 Å². The summed E-state index contributed by atoms with van der Waals surface area (Å²) in [7, 11) is 0. The van der Waals surface area contributed by atoms with Crippen LogP contribution in [0.4, 0.5) is 19.0 Å². The Morgan fingerprint density at radius 2 is 2.06 bits per heavy atom. The Labute approximate surface area is 94.1 Å². The Morgan fingerprint density at radius 1 is 1.24 bits per heavy atom. The van der Waals surface area contributed by atoms with E-state index in [1.165, 1.54) is 6.33 Å². The molecule has 0 atom stereocenters. The average molecular weight is 243 g/mol. The summed E-state index contributed by atoms with van der Waals surface area (Å²) in [5, 5.41) is 8.78. The largest absolute Gasteiger partial charge is 0.367 e. The van der Waals surface area contributed by atoms with Crippen LogP contribution in [0.25, 0.3) is 0 Å². The molecule has 0 amide bonds. The molecule has 90 valence electrons. The lowest BCUT2D eigenvalue weighted by atomic mass is 10.3. The molecule has 0 unspecified atom stereocenters. The number of aromatic nitrogens is 4. The Morgan fingerprint density at radius 3 is 2.76 bits per heavy atom. The summed E-state index contributed by atoms with van der Waals surface area (Å²) in [4.78, 5) is 6.96. The quantitative estimate of drug-likeness (QED) is 0.793. The van der Waals surface area contributed by atoms with Gasteiger partial charge in [-0.15, -0.1) is 0 Å². The minimum Gasteiger partial charge on any atom is -0.367 e. The molecule has 0 aliphatic heterocycles. The predicted molar refractivity (Wildman–Crippen MR) is 52.7 cm³/mol. The molecule has 0 radical (unpaired) electrons. The van der Waals surface area contributed by atoms with Crippen molar-refractivity contribution in [1.29, 1.82) is 0 Å². The number of pyridine rings is 1. The van der Waals surface area contributed by atoms with E-state index in [0.29, 0.717) is 18.3 Å². The fourth-order valence-electron chi connectivity index (χ4n) is 1.22. The predicted octanol–water partition coefficient (Wildman–Crippen LogP) is 1.27. The minimum absolute atomic E-state index is 0.268. The Balaban J connectivity index is 1.97. The molecule has 0 spiro atoms. The summed E-state index contributed by atoms with van der Waals surface area (Å²) < 4.78 is 38.4. The zero-order valence-corrected chi connectivity index (χ0v) is 8.54. The number of halogens is 3. The molecule has 17 heavy (non-hydrogen) atoms. The van der Waals surface area contributed by atoms with Crippen molar-refractivity contribution in [3.63, 3.8) is 0 Å². The number of nitrogens with one attached hydrogen (secondary N) is 2. The van der Waals surface area contributed by atoms with Crippen LogP contribution in [0.15, 0.2) is 12.4 Å². The lowest BCUT2D eigenvalue weighted by Crippen LogP contribution is -2.10. The van der Waals surface area contributed by atoms with Crippen molar-refractivity contribution in [2.24, 2.45) is 0 Å². The van der Waals surface area contributed by atoms with Crippen molar-refractivity contribution in [1.82, 2.24) is 20.2 Å². The molecule has 5 nitrogen and oxygen atoms in total. The van der Waals surface area contributed by atoms with Crippen LogP contribution in [0.5, 0.6) is 0 Å². The number of hydrogen-bond acceptors (Lipinski definition) is 4. The molecule has 0 saturated heterocycles. The third kappa shape index (κ3) is 2.71. The zero-order valence-electron chi connectivity index (χ0n) is 8.54. The van der Waals surface area contributed by atoms with E-state index in [-0.39, 0.29) is 12.4 Å². The highest BCUT2D eigenvalue weighted by molar-refractivity contribution is 5.36. The maximum absolute atomic E-state index is 13.1. The highest BCUT2D eigenvalue weighted by Gasteiger charge is 2.11. The first kappa shape index (κ1) is 11.4. The molecule has 2 heterocycles. The molecule has 0 aliphatic rings. The summed E-state index contributed by atoms with van der Waals surface area (Å²) in [5.41, 5.74) is 0. The second-order valence-corrected chi connectivity index (χ2v) is 3.20. The van der Waals surface area contributed by atoms with E-state index < -0.39 is 17.6 Å². The third-order valence-corrected chi connectivity index (χ3v) is 2.01. The molecule has 0 aliphatic carbocycles. The standard InChI is InChI=1S/C9H8F3N5/c10-5-3-6(11)9(16-8(5)12)13-2-1-7-14-4-15-17-7/h3-4H,1-2H2,(H,13,16)(H,14,15,17). The number of anilines is 1. The van der Waals surface area contributed by atoms with Crippen LogP contribution >= 0.6 is 0 Å². The maximum atomic E-state index is 13.1. The highest BCUT2D eigenvalue weighted by atomic mass is 19.2. The number of rotatable bonds is 4. The molecule has 8 heteroatoms. The van der Waals surface area contributed by atoms with E-state index in [0.717, 1.165) is 0 Å². The molecular weight excluding hydrogens is 235 g/mol.